The average Bonchev–Trinajstić information content (AvgIpc) is 2.28. The summed E-state index contributed by atoms with van der Waals surface area (Å²) in [6.45, 7) is 0.529. The number of halogens is 2. The summed E-state index contributed by atoms with van der Waals surface area (Å²) in [4.78, 5) is 0. The monoisotopic (exact) mass is 251 g/mol. The van der Waals surface area contributed by atoms with Crippen LogP contribution in [0.5, 0.6) is 0 Å². The minimum absolute atomic E-state index is 0.0106. The van der Waals surface area contributed by atoms with Crippen molar-refractivity contribution in [3.63, 3.8) is 0 Å². The van der Waals surface area contributed by atoms with Crippen molar-refractivity contribution in [2.75, 3.05) is 24.7 Å². The molecule has 0 aromatic carbocycles. The molecule has 2 heterocycles. The van der Waals surface area contributed by atoms with Gasteiger partial charge < -0.3 is 10.1 Å². The molecule has 0 bridgehead atoms. The molecule has 1 N–H and O–H groups in total. The van der Waals surface area contributed by atoms with Gasteiger partial charge in [0.1, 0.15) is 0 Å². The van der Waals surface area contributed by atoms with Gasteiger partial charge in [0.05, 0.1) is 12.1 Å². The molecule has 5 heteroatoms. The van der Waals surface area contributed by atoms with E-state index in [0.29, 0.717) is 6.61 Å². The number of hydrogen-bond acceptors (Lipinski definition) is 3. The molecule has 2 fully saturated rings. The Morgan fingerprint density at radius 3 is 2.81 bits per heavy atom. The molecule has 0 aromatic rings. The molecule has 1 spiro atoms. The summed E-state index contributed by atoms with van der Waals surface area (Å²) in [5.41, 5.74) is -0.0106. The van der Waals surface area contributed by atoms with Crippen molar-refractivity contribution in [2.24, 2.45) is 0 Å². The Kier molecular flexibility index (Phi) is 4.44. The van der Waals surface area contributed by atoms with E-state index in [2.05, 4.69) is 5.32 Å². The second-order valence-electron chi connectivity index (χ2n) is 4.63. The fourth-order valence-electron chi connectivity index (χ4n) is 2.55. The van der Waals surface area contributed by atoms with Crippen LogP contribution in [0.15, 0.2) is 0 Å². The molecule has 0 aromatic heterocycles. The smallest absolute Gasteiger partial charge is 0.250 e. The lowest BCUT2D eigenvalue weighted by Crippen LogP contribution is -2.49. The van der Waals surface area contributed by atoms with Crippen LogP contribution in [0.1, 0.15) is 25.7 Å². The van der Waals surface area contributed by atoms with E-state index in [1.165, 1.54) is 0 Å². The van der Waals surface area contributed by atoms with Crippen LogP contribution in [-0.4, -0.2) is 42.7 Å². The zero-order valence-corrected chi connectivity index (χ0v) is 10.2. The lowest BCUT2D eigenvalue weighted by Gasteiger charge is -2.43. The van der Waals surface area contributed by atoms with Crippen LogP contribution in [0.3, 0.4) is 0 Å². The molecule has 0 saturated carbocycles. The molecule has 2 nitrogen and oxygen atoms in total. The second-order valence-corrected chi connectivity index (χ2v) is 5.86. The molecule has 0 amide bonds. The Morgan fingerprint density at radius 2 is 2.12 bits per heavy atom. The highest BCUT2D eigenvalue weighted by Gasteiger charge is 2.38. The van der Waals surface area contributed by atoms with E-state index in [0.717, 1.165) is 37.2 Å². The average molecular weight is 251 g/mol. The van der Waals surface area contributed by atoms with E-state index in [1.807, 2.05) is 11.8 Å². The Balaban J connectivity index is 1.83. The normalized spacial score (nSPS) is 29.8. The summed E-state index contributed by atoms with van der Waals surface area (Å²) < 4.78 is 30.2. The third-order valence-electron chi connectivity index (χ3n) is 3.46. The van der Waals surface area contributed by atoms with Gasteiger partial charge in [0.2, 0.25) is 0 Å². The second kappa shape index (κ2) is 5.65. The SMILES string of the molecule is FC(F)CNC1CCOC2(CCSCC2)C1. The minimum Gasteiger partial charge on any atom is -0.375 e. The van der Waals surface area contributed by atoms with Crippen LogP contribution in [0.4, 0.5) is 8.78 Å². The van der Waals surface area contributed by atoms with E-state index >= 15 is 0 Å². The molecule has 2 saturated heterocycles. The number of hydrogen-bond donors (Lipinski definition) is 1. The number of ether oxygens (including phenoxy) is 1. The van der Waals surface area contributed by atoms with Crippen molar-refractivity contribution < 1.29 is 13.5 Å². The first kappa shape index (κ1) is 12.6. The van der Waals surface area contributed by atoms with Gasteiger partial charge in [-0.3, -0.25) is 0 Å². The first-order valence-electron chi connectivity index (χ1n) is 5.93. The van der Waals surface area contributed by atoms with Gasteiger partial charge in [0.15, 0.2) is 0 Å². The molecule has 16 heavy (non-hydrogen) atoms. The van der Waals surface area contributed by atoms with Crippen LogP contribution in [-0.2, 0) is 4.74 Å². The predicted octanol–water partition coefficient (Wildman–Crippen LogP) is 2.29. The lowest BCUT2D eigenvalue weighted by atomic mass is 9.85. The van der Waals surface area contributed by atoms with Crippen molar-refractivity contribution in [1.29, 1.82) is 0 Å². The van der Waals surface area contributed by atoms with Crippen LogP contribution in [0, 0.1) is 0 Å². The van der Waals surface area contributed by atoms with E-state index in [4.69, 9.17) is 4.74 Å². The van der Waals surface area contributed by atoms with Gasteiger partial charge in [-0.25, -0.2) is 8.78 Å². The topological polar surface area (TPSA) is 21.3 Å². The molecule has 1 atom stereocenters. The number of thioether (sulfide) groups is 1. The van der Waals surface area contributed by atoms with Gasteiger partial charge in [-0.05, 0) is 37.2 Å². The largest absolute Gasteiger partial charge is 0.375 e. The highest BCUT2D eigenvalue weighted by atomic mass is 32.2. The molecule has 0 radical (unpaired) electrons. The molecule has 0 aliphatic carbocycles. The number of alkyl halides is 2. The molecule has 1 unspecified atom stereocenters. The van der Waals surface area contributed by atoms with Crippen molar-refractivity contribution in [3.05, 3.63) is 0 Å². The maximum absolute atomic E-state index is 12.1. The minimum atomic E-state index is -2.25. The van der Waals surface area contributed by atoms with Crippen LogP contribution in [0.25, 0.3) is 0 Å². The lowest BCUT2D eigenvalue weighted by molar-refractivity contribution is -0.0941. The summed E-state index contributed by atoms with van der Waals surface area (Å²) in [6, 6.07) is 0.214. The summed E-state index contributed by atoms with van der Waals surface area (Å²) in [7, 11) is 0. The highest BCUT2D eigenvalue weighted by Crippen LogP contribution is 2.37. The Bertz CT molecular complexity index is 217. The molecular formula is C11H19F2NOS. The Morgan fingerprint density at radius 1 is 1.38 bits per heavy atom. The van der Waals surface area contributed by atoms with Crippen LogP contribution >= 0.6 is 11.8 Å². The zero-order valence-electron chi connectivity index (χ0n) is 9.38. The molecule has 2 aliphatic rings. The summed E-state index contributed by atoms with van der Waals surface area (Å²) in [5.74, 6) is 2.28. The first-order chi connectivity index (χ1) is 7.70. The van der Waals surface area contributed by atoms with Gasteiger partial charge >= 0.3 is 0 Å². The van der Waals surface area contributed by atoms with E-state index in [-0.39, 0.29) is 18.2 Å². The molecule has 2 aliphatic heterocycles. The van der Waals surface area contributed by atoms with E-state index in [9.17, 15) is 8.78 Å². The number of rotatable bonds is 3. The Hall–Kier alpha value is 0.130. The third-order valence-corrected chi connectivity index (χ3v) is 4.44. The van der Waals surface area contributed by atoms with Crippen molar-refractivity contribution >= 4 is 11.8 Å². The zero-order chi connectivity index (χ0) is 11.4. The van der Waals surface area contributed by atoms with Crippen molar-refractivity contribution in [1.82, 2.24) is 5.32 Å². The van der Waals surface area contributed by atoms with Crippen LogP contribution < -0.4 is 5.32 Å². The van der Waals surface area contributed by atoms with Gasteiger partial charge in [0.25, 0.3) is 6.43 Å². The third kappa shape index (κ3) is 3.31. The highest BCUT2D eigenvalue weighted by molar-refractivity contribution is 7.99. The van der Waals surface area contributed by atoms with Gasteiger partial charge in [-0.2, -0.15) is 11.8 Å². The Labute approximate surface area is 99.5 Å². The predicted molar refractivity (Wildman–Crippen MR) is 62.3 cm³/mol. The molecule has 2 rings (SSSR count). The molecule has 94 valence electrons. The van der Waals surface area contributed by atoms with Crippen LogP contribution in [0.2, 0.25) is 0 Å². The quantitative estimate of drug-likeness (QED) is 0.831. The fraction of sp³-hybridized carbons (Fsp3) is 1.00. The van der Waals surface area contributed by atoms with Gasteiger partial charge in [0, 0.05) is 12.6 Å². The summed E-state index contributed by atoms with van der Waals surface area (Å²) >= 11 is 1.96. The van der Waals surface area contributed by atoms with E-state index in [1.54, 1.807) is 0 Å². The fourth-order valence-corrected chi connectivity index (χ4v) is 3.79. The molecular weight excluding hydrogens is 232 g/mol. The van der Waals surface area contributed by atoms with Crippen molar-refractivity contribution in [3.8, 4) is 0 Å². The summed E-state index contributed by atoms with van der Waals surface area (Å²) in [5, 5.41) is 2.96. The summed E-state index contributed by atoms with van der Waals surface area (Å²) in [6.07, 6.45) is 1.66. The maximum Gasteiger partial charge on any atom is 0.250 e. The first-order valence-corrected chi connectivity index (χ1v) is 7.09. The number of nitrogens with one attached hydrogen (secondary N) is 1. The van der Waals surface area contributed by atoms with Crippen molar-refractivity contribution in [2.45, 2.75) is 43.8 Å². The maximum atomic E-state index is 12.1. The van der Waals surface area contributed by atoms with E-state index < -0.39 is 6.43 Å². The standard InChI is InChI=1S/C11H19F2NOS/c12-10(13)8-14-9-1-4-15-11(7-9)2-5-16-6-3-11/h9-10,14H,1-8H2. The van der Waals surface area contributed by atoms with Gasteiger partial charge in [-0.1, -0.05) is 0 Å². The van der Waals surface area contributed by atoms with Gasteiger partial charge in [-0.15, -0.1) is 0 Å².